The van der Waals surface area contributed by atoms with E-state index in [0.29, 0.717) is 18.6 Å². The van der Waals surface area contributed by atoms with Gasteiger partial charge in [0, 0.05) is 18.5 Å². The summed E-state index contributed by atoms with van der Waals surface area (Å²) in [6.07, 6.45) is 0.608. The predicted octanol–water partition coefficient (Wildman–Crippen LogP) is 1.10. The van der Waals surface area contributed by atoms with Crippen LogP contribution in [0.4, 0.5) is 4.39 Å². The molecule has 0 saturated carbocycles. The summed E-state index contributed by atoms with van der Waals surface area (Å²) in [4.78, 5) is 11.2. The molecule has 0 aromatic heterocycles. The minimum atomic E-state index is -0.442. The highest BCUT2D eigenvalue weighted by atomic mass is 19.1. The molecule has 1 saturated heterocycles. The van der Waals surface area contributed by atoms with Crippen LogP contribution in [0.25, 0.3) is 0 Å². The van der Waals surface area contributed by atoms with E-state index < -0.39 is 5.82 Å². The maximum Gasteiger partial charge on any atom is 0.323 e. The Balaban J connectivity index is 2.00. The Kier molecular flexibility index (Phi) is 3.35. The highest BCUT2D eigenvalue weighted by Crippen LogP contribution is 2.12. The summed E-state index contributed by atoms with van der Waals surface area (Å²) in [5, 5.41) is 11.5. The van der Waals surface area contributed by atoms with Gasteiger partial charge in [-0.25, -0.2) is 4.39 Å². The maximum atomic E-state index is 13.5. The summed E-state index contributed by atoms with van der Waals surface area (Å²) >= 11 is 0. The molecular formula is C12H11FN2O2. The van der Waals surface area contributed by atoms with E-state index >= 15 is 0 Å². The van der Waals surface area contributed by atoms with Crippen LogP contribution in [0.2, 0.25) is 0 Å². The van der Waals surface area contributed by atoms with Gasteiger partial charge >= 0.3 is 5.97 Å². The number of cyclic esters (lactones) is 1. The molecule has 88 valence electrons. The van der Waals surface area contributed by atoms with E-state index in [-0.39, 0.29) is 24.1 Å². The Morgan fingerprint density at radius 3 is 3.00 bits per heavy atom. The van der Waals surface area contributed by atoms with Crippen molar-refractivity contribution in [3.63, 3.8) is 0 Å². The summed E-state index contributed by atoms with van der Waals surface area (Å²) < 4.78 is 18.3. The SMILES string of the molecule is N#Cc1ccc(CNC2CCOC2=O)c(F)c1. The Labute approximate surface area is 98.0 Å². The second-order valence-corrected chi connectivity index (χ2v) is 3.81. The third-order valence-corrected chi connectivity index (χ3v) is 2.66. The van der Waals surface area contributed by atoms with Crippen LogP contribution in [0.1, 0.15) is 17.5 Å². The van der Waals surface area contributed by atoms with E-state index in [1.165, 1.54) is 6.07 Å². The lowest BCUT2D eigenvalue weighted by molar-refractivity contribution is -0.139. The summed E-state index contributed by atoms with van der Waals surface area (Å²) in [5.41, 5.74) is 0.718. The molecule has 1 heterocycles. The normalized spacial score (nSPS) is 18.8. The third kappa shape index (κ3) is 2.60. The van der Waals surface area contributed by atoms with Gasteiger partial charge in [0.05, 0.1) is 18.2 Å². The molecule has 1 aliphatic heterocycles. The van der Waals surface area contributed by atoms with Crippen molar-refractivity contribution in [1.82, 2.24) is 5.32 Å². The van der Waals surface area contributed by atoms with Crippen LogP contribution in [0.5, 0.6) is 0 Å². The van der Waals surface area contributed by atoms with Crippen molar-refractivity contribution in [2.75, 3.05) is 6.61 Å². The number of ether oxygens (including phenoxy) is 1. The topological polar surface area (TPSA) is 62.1 Å². The average Bonchev–Trinajstić information content (AvgIpc) is 2.73. The van der Waals surface area contributed by atoms with Crippen LogP contribution in [0, 0.1) is 17.1 Å². The van der Waals surface area contributed by atoms with E-state index in [2.05, 4.69) is 5.32 Å². The molecule has 1 unspecified atom stereocenters. The lowest BCUT2D eigenvalue weighted by atomic mass is 10.1. The van der Waals surface area contributed by atoms with Gasteiger partial charge in [0.2, 0.25) is 0 Å². The van der Waals surface area contributed by atoms with Crippen molar-refractivity contribution in [2.24, 2.45) is 0 Å². The van der Waals surface area contributed by atoms with Crippen LogP contribution in [-0.2, 0) is 16.1 Å². The first-order chi connectivity index (χ1) is 8.20. The highest BCUT2D eigenvalue weighted by Gasteiger charge is 2.25. The Morgan fingerprint density at radius 2 is 2.41 bits per heavy atom. The first kappa shape index (κ1) is 11.6. The van der Waals surface area contributed by atoms with Crippen LogP contribution >= 0.6 is 0 Å². The zero-order valence-electron chi connectivity index (χ0n) is 9.07. The number of carbonyl (C=O) groups excluding carboxylic acids is 1. The largest absolute Gasteiger partial charge is 0.464 e. The molecule has 1 aromatic rings. The number of nitriles is 1. The van der Waals surface area contributed by atoms with Crippen LogP contribution in [0.15, 0.2) is 18.2 Å². The minimum absolute atomic E-state index is 0.247. The molecule has 1 fully saturated rings. The summed E-state index contributed by atoms with van der Waals surface area (Å²) in [5.74, 6) is -0.734. The minimum Gasteiger partial charge on any atom is -0.464 e. The molecular weight excluding hydrogens is 223 g/mol. The second-order valence-electron chi connectivity index (χ2n) is 3.81. The van der Waals surface area contributed by atoms with E-state index in [4.69, 9.17) is 10.00 Å². The number of benzene rings is 1. The van der Waals surface area contributed by atoms with Gasteiger partial charge in [-0.05, 0) is 12.1 Å². The van der Waals surface area contributed by atoms with Gasteiger partial charge in [-0.3, -0.25) is 4.79 Å². The second kappa shape index (κ2) is 4.93. The number of nitrogens with one attached hydrogen (secondary N) is 1. The lowest BCUT2D eigenvalue weighted by Gasteiger charge is -2.09. The molecule has 0 radical (unpaired) electrons. The van der Waals surface area contributed by atoms with Gasteiger partial charge in [-0.1, -0.05) is 6.07 Å². The van der Waals surface area contributed by atoms with Crippen molar-refractivity contribution in [3.8, 4) is 6.07 Å². The van der Waals surface area contributed by atoms with Crippen molar-refractivity contribution >= 4 is 5.97 Å². The number of nitrogens with zero attached hydrogens (tertiary/aromatic N) is 1. The summed E-state index contributed by atoms with van der Waals surface area (Å²) in [6.45, 7) is 0.656. The molecule has 0 amide bonds. The fourth-order valence-electron chi connectivity index (χ4n) is 1.67. The number of halogens is 1. The molecule has 0 bridgehead atoms. The summed E-state index contributed by atoms with van der Waals surface area (Å²) in [6, 6.07) is 5.78. The predicted molar refractivity (Wildman–Crippen MR) is 57.3 cm³/mol. The zero-order valence-corrected chi connectivity index (χ0v) is 9.07. The quantitative estimate of drug-likeness (QED) is 0.795. The number of hydrogen-bond acceptors (Lipinski definition) is 4. The highest BCUT2D eigenvalue weighted by molar-refractivity contribution is 5.77. The van der Waals surface area contributed by atoms with Gasteiger partial charge in [0.25, 0.3) is 0 Å². The van der Waals surface area contributed by atoms with Gasteiger partial charge in [-0.15, -0.1) is 0 Å². The standard InChI is InChI=1S/C12H11FN2O2/c13-10-5-8(6-14)1-2-9(10)7-15-11-3-4-17-12(11)16/h1-2,5,11,15H,3-4,7H2. The average molecular weight is 234 g/mol. The molecule has 4 nitrogen and oxygen atoms in total. The molecule has 17 heavy (non-hydrogen) atoms. The number of carbonyl (C=O) groups is 1. The van der Waals surface area contributed by atoms with Crippen molar-refractivity contribution in [1.29, 1.82) is 5.26 Å². The molecule has 1 aromatic carbocycles. The fourth-order valence-corrected chi connectivity index (χ4v) is 1.67. The van der Waals surface area contributed by atoms with Crippen molar-refractivity contribution < 1.29 is 13.9 Å². The molecule has 1 atom stereocenters. The van der Waals surface area contributed by atoms with E-state index in [1.807, 2.05) is 6.07 Å². The van der Waals surface area contributed by atoms with Crippen LogP contribution in [-0.4, -0.2) is 18.6 Å². The smallest absolute Gasteiger partial charge is 0.323 e. The molecule has 1 N–H and O–H groups in total. The van der Waals surface area contributed by atoms with Crippen LogP contribution < -0.4 is 5.32 Å². The molecule has 0 aliphatic carbocycles. The number of esters is 1. The van der Waals surface area contributed by atoms with Crippen LogP contribution in [0.3, 0.4) is 0 Å². The first-order valence-corrected chi connectivity index (χ1v) is 5.29. The first-order valence-electron chi connectivity index (χ1n) is 5.29. The molecule has 5 heteroatoms. The van der Waals surface area contributed by atoms with E-state index in [1.54, 1.807) is 12.1 Å². The molecule has 0 spiro atoms. The van der Waals surface area contributed by atoms with Crippen molar-refractivity contribution in [2.45, 2.75) is 19.0 Å². The zero-order chi connectivity index (χ0) is 12.3. The lowest BCUT2D eigenvalue weighted by Crippen LogP contribution is -2.32. The van der Waals surface area contributed by atoms with Gasteiger partial charge in [-0.2, -0.15) is 5.26 Å². The molecule has 2 rings (SSSR count). The Hall–Kier alpha value is -1.93. The Bertz CT molecular complexity index is 482. The maximum absolute atomic E-state index is 13.5. The van der Waals surface area contributed by atoms with Gasteiger partial charge in [0.1, 0.15) is 11.9 Å². The van der Waals surface area contributed by atoms with E-state index in [9.17, 15) is 9.18 Å². The monoisotopic (exact) mass is 234 g/mol. The summed E-state index contributed by atoms with van der Waals surface area (Å²) in [7, 11) is 0. The third-order valence-electron chi connectivity index (χ3n) is 2.66. The van der Waals surface area contributed by atoms with E-state index in [0.717, 1.165) is 0 Å². The van der Waals surface area contributed by atoms with Gasteiger partial charge in [0.15, 0.2) is 0 Å². The number of rotatable bonds is 3. The molecule has 1 aliphatic rings. The Morgan fingerprint density at radius 1 is 1.59 bits per heavy atom. The fraction of sp³-hybridized carbons (Fsp3) is 0.333. The number of hydrogen-bond donors (Lipinski definition) is 1. The van der Waals surface area contributed by atoms with Gasteiger partial charge < -0.3 is 10.1 Å². The van der Waals surface area contributed by atoms with Crippen molar-refractivity contribution in [3.05, 3.63) is 35.1 Å².